The molecule has 0 aliphatic heterocycles. The van der Waals surface area contributed by atoms with Gasteiger partial charge in [0, 0.05) is 26.5 Å². The second-order valence-corrected chi connectivity index (χ2v) is 11.5. The maximum absolute atomic E-state index is 13.1. The van der Waals surface area contributed by atoms with Gasteiger partial charge in [0.2, 0.25) is 5.91 Å². The number of amides is 2. The minimum atomic E-state index is -1.43. The smallest absolute Gasteiger partial charge is 0.336 e. The van der Waals surface area contributed by atoms with Crippen molar-refractivity contribution < 1.29 is 29.4 Å². The van der Waals surface area contributed by atoms with Crippen LogP contribution >= 0.6 is 46.3 Å². The largest absolute Gasteiger partial charge is 0.478 e. The number of aromatic nitrogens is 1. The number of thiazole rings is 1. The normalized spacial score (nSPS) is 11.5. The molecule has 2 amide bonds. The van der Waals surface area contributed by atoms with Gasteiger partial charge < -0.3 is 20.8 Å². The Hall–Kier alpha value is -3.90. The van der Waals surface area contributed by atoms with E-state index in [4.69, 9.17) is 28.3 Å². The molecule has 13 heteroatoms. The molecule has 1 aromatic heterocycles. The quantitative estimate of drug-likeness (QED) is 0.134. The second kappa shape index (κ2) is 13.2. The predicted molar refractivity (Wildman–Crippen MR) is 161 cm³/mol. The number of carboxylic acid groups (broad SMARTS) is 2. The highest BCUT2D eigenvalue weighted by atomic mass is 35.5. The van der Waals surface area contributed by atoms with Crippen LogP contribution in [-0.4, -0.2) is 44.2 Å². The Labute approximate surface area is 252 Å². The first-order chi connectivity index (χ1) is 19.5. The fourth-order valence-electron chi connectivity index (χ4n) is 3.72. The van der Waals surface area contributed by atoms with Gasteiger partial charge in [-0.2, -0.15) is 0 Å². The zero-order valence-corrected chi connectivity index (χ0v) is 24.3. The van der Waals surface area contributed by atoms with E-state index in [1.54, 1.807) is 47.8 Å². The van der Waals surface area contributed by atoms with Crippen molar-refractivity contribution in [3.63, 3.8) is 0 Å². The van der Waals surface area contributed by atoms with E-state index in [-0.39, 0.29) is 17.0 Å². The SMILES string of the molecule is CCC(Sc1cccc(NC(=O)c2ccc(C(=O)O)cc2C(=O)O)c1)C(=O)Nc1nc(-c2ccc(Cl)cc2Cl)cs1. The van der Waals surface area contributed by atoms with E-state index < -0.39 is 28.7 Å². The summed E-state index contributed by atoms with van der Waals surface area (Å²) < 4.78 is 0. The van der Waals surface area contributed by atoms with Crippen molar-refractivity contribution in [2.45, 2.75) is 23.5 Å². The van der Waals surface area contributed by atoms with Gasteiger partial charge in [-0.05, 0) is 61.0 Å². The number of aromatic carboxylic acids is 2. The van der Waals surface area contributed by atoms with E-state index in [1.165, 1.54) is 23.1 Å². The third kappa shape index (κ3) is 7.44. The molecule has 4 rings (SSSR count). The molecule has 0 spiro atoms. The number of nitrogens with zero attached hydrogens (tertiary/aromatic N) is 1. The van der Waals surface area contributed by atoms with Crippen LogP contribution in [0.4, 0.5) is 10.8 Å². The Morgan fingerprint density at radius 1 is 0.951 bits per heavy atom. The van der Waals surface area contributed by atoms with Crippen LogP contribution < -0.4 is 10.6 Å². The summed E-state index contributed by atoms with van der Waals surface area (Å²) in [4.78, 5) is 53.9. The summed E-state index contributed by atoms with van der Waals surface area (Å²) >= 11 is 14.8. The minimum absolute atomic E-state index is 0.186. The molecule has 3 aromatic carbocycles. The van der Waals surface area contributed by atoms with Gasteiger partial charge in [0.1, 0.15) is 0 Å². The molecule has 210 valence electrons. The van der Waals surface area contributed by atoms with Crippen LogP contribution in [0.2, 0.25) is 10.0 Å². The Morgan fingerprint density at radius 3 is 2.41 bits per heavy atom. The molecule has 0 saturated carbocycles. The minimum Gasteiger partial charge on any atom is -0.478 e. The molecule has 4 aromatic rings. The first-order valence-electron chi connectivity index (χ1n) is 12.0. The van der Waals surface area contributed by atoms with Crippen LogP contribution in [-0.2, 0) is 4.79 Å². The van der Waals surface area contributed by atoms with Crippen LogP contribution in [0.3, 0.4) is 0 Å². The molecule has 0 aliphatic carbocycles. The molecular formula is C28H21Cl2N3O6S2. The van der Waals surface area contributed by atoms with E-state index in [0.29, 0.717) is 43.4 Å². The number of carbonyl (C=O) groups excluding carboxylic acids is 2. The summed E-state index contributed by atoms with van der Waals surface area (Å²) in [6, 6.07) is 15.1. The molecule has 0 bridgehead atoms. The highest BCUT2D eigenvalue weighted by Crippen LogP contribution is 2.33. The highest BCUT2D eigenvalue weighted by molar-refractivity contribution is 8.00. The molecule has 1 unspecified atom stereocenters. The van der Waals surface area contributed by atoms with Gasteiger partial charge in [0.05, 0.1) is 32.7 Å². The number of anilines is 2. The van der Waals surface area contributed by atoms with E-state index in [0.717, 1.165) is 18.2 Å². The lowest BCUT2D eigenvalue weighted by molar-refractivity contribution is -0.115. The van der Waals surface area contributed by atoms with E-state index >= 15 is 0 Å². The van der Waals surface area contributed by atoms with Gasteiger partial charge in [0.25, 0.3) is 5.91 Å². The summed E-state index contributed by atoms with van der Waals surface area (Å²) in [5.74, 6) is -3.70. The molecule has 0 aliphatic rings. The van der Waals surface area contributed by atoms with Crippen molar-refractivity contribution in [2.75, 3.05) is 10.6 Å². The molecule has 1 heterocycles. The Kier molecular flexibility index (Phi) is 9.66. The summed E-state index contributed by atoms with van der Waals surface area (Å²) in [6.07, 6.45) is 0.506. The molecular weight excluding hydrogens is 609 g/mol. The number of halogens is 2. The molecule has 9 nitrogen and oxygen atoms in total. The third-order valence-corrected chi connectivity index (χ3v) is 8.38. The maximum Gasteiger partial charge on any atom is 0.336 e. The first-order valence-corrected chi connectivity index (χ1v) is 14.5. The number of hydrogen-bond acceptors (Lipinski definition) is 7. The fourth-order valence-corrected chi connectivity index (χ4v) is 5.95. The van der Waals surface area contributed by atoms with Crippen LogP contribution in [0, 0.1) is 0 Å². The van der Waals surface area contributed by atoms with Crippen LogP contribution in [0.1, 0.15) is 44.4 Å². The third-order valence-electron chi connectivity index (χ3n) is 5.72. The van der Waals surface area contributed by atoms with Gasteiger partial charge in [0.15, 0.2) is 5.13 Å². The zero-order chi connectivity index (χ0) is 29.7. The number of benzene rings is 3. The van der Waals surface area contributed by atoms with Gasteiger partial charge in [-0.1, -0.05) is 36.2 Å². The number of rotatable bonds is 10. The lowest BCUT2D eigenvalue weighted by Gasteiger charge is -2.15. The molecule has 0 fully saturated rings. The standard InChI is InChI=1S/C28H21Cl2N3O6S2/c1-2-23(25(35)33-28-32-22(13-40-28)19-9-7-15(29)11-21(19)30)41-17-5-3-4-16(12-17)31-24(34)18-8-6-14(26(36)37)10-20(18)27(38)39/h3-13,23H,2H2,1H3,(H,31,34)(H,36,37)(H,38,39)(H,32,33,35). The number of carboxylic acids is 2. The number of carbonyl (C=O) groups is 4. The van der Waals surface area contributed by atoms with Crippen molar-refractivity contribution in [2.24, 2.45) is 0 Å². The van der Waals surface area contributed by atoms with Crippen LogP contribution in [0.15, 0.2) is 70.9 Å². The van der Waals surface area contributed by atoms with E-state index in [1.807, 2.05) is 6.92 Å². The monoisotopic (exact) mass is 629 g/mol. The Morgan fingerprint density at radius 2 is 1.73 bits per heavy atom. The topological polar surface area (TPSA) is 146 Å². The van der Waals surface area contributed by atoms with Crippen LogP contribution in [0.25, 0.3) is 11.3 Å². The van der Waals surface area contributed by atoms with E-state index in [9.17, 15) is 24.3 Å². The highest BCUT2D eigenvalue weighted by Gasteiger charge is 2.22. The van der Waals surface area contributed by atoms with E-state index in [2.05, 4.69) is 15.6 Å². The van der Waals surface area contributed by atoms with Crippen molar-refractivity contribution in [3.05, 3.63) is 92.8 Å². The maximum atomic E-state index is 13.1. The number of hydrogen-bond donors (Lipinski definition) is 4. The average Bonchev–Trinajstić information content (AvgIpc) is 3.39. The summed E-state index contributed by atoms with van der Waals surface area (Å²) in [7, 11) is 0. The first kappa shape index (κ1) is 30.1. The van der Waals surface area contributed by atoms with Crippen LogP contribution in [0.5, 0.6) is 0 Å². The molecule has 0 saturated heterocycles. The molecule has 1 atom stereocenters. The molecule has 41 heavy (non-hydrogen) atoms. The summed E-state index contributed by atoms with van der Waals surface area (Å²) in [5.41, 5.74) is 0.817. The van der Waals surface area contributed by atoms with Crippen molar-refractivity contribution in [1.82, 2.24) is 4.98 Å². The number of thioether (sulfide) groups is 1. The summed E-state index contributed by atoms with van der Waals surface area (Å²) in [6.45, 7) is 1.87. The number of nitrogens with one attached hydrogen (secondary N) is 2. The van der Waals surface area contributed by atoms with Gasteiger partial charge in [-0.15, -0.1) is 23.1 Å². The van der Waals surface area contributed by atoms with Gasteiger partial charge >= 0.3 is 11.9 Å². The van der Waals surface area contributed by atoms with Crippen molar-refractivity contribution in [1.29, 1.82) is 0 Å². The van der Waals surface area contributed by atoms with Crippen molar-refractivity contribution in [3.8, 4) is 11.3 Å². The predicted octanol–water partition coefficient (Wildman–Crippen LogP) is 7.28. The Bertz CT molecular complexity index is 1660. The summed E-state index contributed by atoms with van der Waals surface area (Å²) in [5, 5.41) is 26.8. The lowest BCUT2D eigenvalue weighted by Crippen LogP contribution is -2.24. The molecule has 4 N–H and O–H groups in total. The van der Waals surface area contributed by atoms with Gasteiger partial charge in [-0.25, -0.2) is 14.6 Å². The second-order valence-electron chi connectivity index (χ2n) is 8.52. The lowest BCUT2D eigenvalue weighted by atomic mass is 10.0. The fraction of sp³-hybridized carbons (Fsp3) is 0.107. The molecule has 0 radical (unpaired) electrons. The van der Waals surface area contributed by atoms with Crippen molar-refractivity contribution >= 4 is 80.9 Å². The zero-order valence-electron chi connectivity index (χ0n) is 21.2. The average molecular weight is 631 g/mol. The Balaban J connectivity index is 1.44. The van der Waals surface area contributed by atoms with Gasteiger partial charge in [-0.3, -0.25) is 9.59 Å².